The first-order valence-electron chi connectivity index (χ1n) is 9.50. The first kappa shape index (κ1) is 16.9. The minimum Gasteiger partial charge on any atom is -0.348 e. The molecule has 5 nitrogen and oxygen atoms in total. The summed E-state index contributed by atoms with van der Waals surface area (Å²) in [5.41, 5.74) is 4.44. The van der Waals surface area contributed by atoms with E-state index in [1.165, 1.54) is 6.07 Å². The molecule has 1 aliphatic rings. The van der Waals surface area contributed by atoms with Crippen molar-refractivity contribution in [1.82, 2.24) is 19.6 Å². The Morgan fingerprint density at radius 1 is 1.07 bits per heavy atom. The van der Waals surface area contributed by atoms with Crippen LogP contribution >= 0.6 is 0 Å². The number of fused-ring (bicyclic) bond motifs is 1. The van der Waals surface area contributed by atoms with Gasteiger partial charge in [-0.1, -0.05) is 18.2 Å². The van der Waals surface area contributed by atoms with Gasteiger partial charge in [-0.05, 0) is 61.7 Å². The molecule has 140 valence electrons. The van der Waals surface area contributed by atoms with Gasteiger partial charge in [-0.2, -0.15) is 0 Å². The van der Waals surface area contributed by atoms with E-state index in [1.807, 2.05) is 54.0 Å². The maximum Gasteiger partial charge on any atom is 0.154 e. The summed E-state index contributed by atoms with van der Waals surface area (Å²) in [4.78, 5) is 11.3. The van der Waals surface area contributed by atoms with Crippen molar-refractivity contribution in [3.63, 3.8) is 0 Å². The number of anilines is 1. The van der Waals surface area contributed by atoms with Gasteiger partial charge in [0.2, 0.25) is 0 Å². The zero-order valence-corrected chi connectivity index (χ0v) is 15.6. The van der Waals surface area contributed by atoms with Crippen LogP contribution in [0.25, 0.3) is 17.0 Å². The van der Waals surface area contributed by atoms with E-state index < -0.39 is 0 Å². The molecule has 6 heteroatoms. The highest BCUT2D eigenvalue weighted by molar-refractivity contribution is 5.60. The number of nitrogens with zero attached hydrogens (tertiary/aromatic N) is 5. The molecule has 0 aliphatic carbocycles. The Bertz CT molecular complexity index is 1150. The number of aryl methyl sites for hydroxylation is 1. The standard InChI is InChI=1S/C22H20FN5/c1-15-5-2-8-18(25-15)20-14-24-21-10-11-22(26-28(20)21)27-12-4-9-19(27)16-6-3-7-17(23)13-16/h2-3,5-8,10-11,13-14,19H,4,9,12H2,1H3. The van der Waals surface area contributed by atoms with Crippen LogP contribution in [0.5, 0.6) is 0 Å². The molecule has 0 N–H and O–H groups in total. The second-order valence-corrected chi connectivity index (χ2v) is 7.18. The van der Waals surface area contributed by atoms with Gasteiger partial charge >= 0.3 is 0 Å². The number of aromatic nitrogens is 4. The van der Waals surface area contributed by atoms with Crippen molar-refractivity contribution in [2.24, 2.45) is 0 Å². The third kappa shape index (κ3) is 2.91. The Hall–Kier alpha value is -3.28. The van der Waals surface area contributed by atoms with Crippen LogP contribution < -0.4 is 4.90 Å². The lowest BCUT2D eigenvalue weighted by molar-refractivity contribution is 0.617. The Morgan fingerprint density at radius 3 is 2.82 bits per heavy atom. The zero-order chi connectivity index (χ0) is 19.1. The molecule has 0 bridgehead atoms. The molecule has 1 fully saturated rings. The van der Waals surface area contributed by atoms with Crippen molar-refractivity contribution in [2.45, 2.75) is 25.8 Å². The Kier molecular flexibility index (Phi) is 4.04. The van der Waals surface area contributed by atoms with Gasteiger partial charge in [0.05, 0.1) is 17.9 Å². The lowest BCUT2D eigenvalue weighted by atomic mass is 10.0. The highest BCUT2D eigenvalue weighted by Crippen LogP contribution is 2.35. The number of hydrogen-bond acceptors (Lipinski definition) is 4. The third-order valence-corrected chi connectivity index (χ3v) is 5.28. The molecule has 1 aromatic carbocycles. The van der Waals surface area contributed by atoms with Gasteiger partial charge in [-0.3, -0.25) is 4.98 Å². The van der Waals surface area contributed by atoms with E-state index in [4.69, 9.17) is 5.10 Å². The van der Waals surface area contributed by atoms with Gasteiger partial charge in [-0.15, -0.1) is 5.10 Å². The summed E-state index contributed by atoms with van der Waals surface area (Å²) in [6, 6.07) is 16.9. The number of rotatable bonds is 3. The van der Waals surface area contributed by atoms with E-state index in [0.29, 0.717) is 0 Å². The number of halogens is 1. The molecular formula is C22H20FN5. The van der Waals surface area contributed by atoms with Crippen LogP contribution in [-0.2, 0) is 0 Å². The third-order valence-electron chi connectivity index (χ3n) is 5.28. The second-order valence-electron chi connectivity index (χ2n) is 7.18. The van der Waals surface area contributed by atoms with Crippen molar-refractivity contribution in [2.75, 3.05) is 11.4 Å². The van der Waals surface area contributed by atoms with Crippen molar-refractivity contribution in [1.29, 1.82) is 0 Å². The van der Waals surface area contributed by atoms with E-state index in [9.17, 15) is 4.39 Å². The lowest BCUT2D eigenvalue weighted by Crippen LogP contribution is -2.24. The van der Waals surface area contributed by atoms with Crippen LogP contribution in [0.3, 0.4) is 0 Å². The number of hydrogen-bond donors (Lipinski definition) is 0. The Balaban J connectivity index is 1.57. The summed E-state index contributed by atoms with van der Waals surface area (Å²) in [5, 5.41) is 4.87. The average molecular weight is 373 g/mol. The number of imidazole rings is 1. The second kappa shape index (κ2) is 6.71. The molecule has 1 unspecified atom stereocenters. The molecule has 4 aromatic rings. The largest absolute Gasteiger partial charge is 0.348 e. The monoisotopic (exact) mass is 373 g/mol. The summed E-state index contributed by atoms with van der Waals surface area (Å²) >= 11 is 0. The van der Waals surface area contributed by atoms with Crippen LogP contribution in [0, 0.1) is 12.7 Å². The highest BCUT2D eigenvalue weighted by Gasteiger charge is 2.28. The van der Waals surface area contributed by atoms with E-state index in [1.54, 1.807) is 12.1 Å². The van der Waals surface area contributed by atoms with Crippen molar-refractivity contribution in [3.8, 4) is 11.4 Å². The normalized spacial score (nSPS) is 16.8. The minimum atomic E-state index is -0.199. The van der Waals surface area contributed by atoms with E-state index >= 15 is 0 Å². The molecule has 0 saturated carbocycles. The molecule has 3 aromatic heterocycles. The van der Waals surface area contributed by atoms with Gasteiger partial charge in [0.15, 0.2) is 5.65 Å². The predicted octanol–water partition coefficient (Wildman–Crippen LogP) is 4.58. The van der Waals surface area contributed by atoms with E-state index in [0.717, 1.165) is 53.5 Å². The first-order valence-corrected chi connectivity index (χ1v) is 9.50. The summed E-state index contributed by atoms with van der Waals surface area (Å²) in [6.07, 6.45) is 3.85. The fourth-order valence-electron chi connectivity index (χ4n) is 3.98. The molecule has 1 saturated heterocycles. The van der Waals surface area contributed by atoms with Crippen molar-refractivity contribution in [3.05, 3.63) is 77.9 Å². The van der Waals surface area contributed by atoms with Crippen molar-refractivity contribution < 1.29 is 4.39 Å². The fourth-order valence-corrected chi connectivity index (χ4v) is 3.98. The predicted molar refractivity (Wildman–Crippen MR) is 107 cm³/mol. The van der Waals surface area contributed by atoms with Crippen LogP contribution in [0.4, 0.5) is 10.2 Å². The molecule has 0 radical (unpaired) electrons. The highest BCUT2D eigenvalue weighted by atomic mass is 19.1. The van der Waals surface area contributed by atoms with E-state index in [2.05, 4.69) is 14.9 Å². The van der Waals surface area contributed by atoms with Gasteiger partial charge in [0.25, 0.3) is 0 Å². The van der Waals surface area contributed by atoms with Crippen molar-refractivity contribution >= 4 is 11.5 Å². The molecule has 4 heterocycles. The Labute approximate surface area is 162 Å². The summed E-state index contributed by atoms with van der Waals surface area (Å²) in [5.74, 6) is 0.668. The SMILES string of the molecule is Cc1cccc(-c2cnc3ccc(N4CCCC4c4cccc(F)c4)nn23)n1. The minimum absolute atomic E-state index is 0.129. The van der Waals surface area contributed by atoms with Gasteiger partial charge in [0.1, 0.15) is 17.3 Å². The molecule has 28 heavy (non-hydrogen) atoms. The molecule has 0 amide bonds. The van der Waals surface area contributed by atoms with Crippen LogP contribution in [-0.4, -0.2) is 26.1 Å². The number of benzene rings is 1. The van der Waals surface area contributed by atoms with E-state index in [-0.39, 0.29) is 11.9 Å². The fraction of sp³-hybridized carbons (Fsp3) is 0.227. The maximum absolute atomic E-state index is 13.7. The summed E-state index contributed by atoms with van der Waals surface area (Å²) in [6.45, 7) is 2.87. The maximum atomic E-state index is 13.7. The molecule has 1 atom stereocenters. The molecule has 0 spiro atoms. The summed E-state index contributed by atoms with van der Waals surface area (Å²) in [7, 11) is 0. The average Bonchev–Trinajstić information content (AvgIpc) is 3.34. The summed E-state index contributed by atoms with van der Waals surface area (Å²) < 4.78 is 15.6. The smallest absolute Gasteiger partial charge is 0.154 e. The lowest BCUT2D eigenvalue weighted by Gasteiger charge is -2.26. The molecular weight excluding hydrogens is 353 g/mol. The first-order chi connectivity index (χ1) is 13.7. The van der Waals surface area contributed by atoms with Crippen LogP contribution in [0.15, 0.2) is 60.8 Å². The van der Waals surface area contributed by atoms with Gasteiger partial charge < -0.3 is 4.90 Å². The zero-order valence-electron chi connectivity index (χ0n) is 15.6. The molecule has 1 aliphatic heterocycles. The quantitative estimate of drug-likeness (QED) is 0.527. The topological polar surface area (TPSA) is 46.3 Å². The Morgan fingerprint density at radius 2 is 1.96 bits per heavy atom. The number of pyridine rings is 1. The van der Waals surface area contributed by atoms with Crippen LogP contribution in [0.2, 0.25) is 0 Å². The van der Waals surface area contributed by atoms with Crippen LogP contribution in [0.1, 0.15) is 30.1 Å². The van der Waals surface area contributed by atoms with Gasteiger partial charge in [-0.25, -0.2) is 13.9 Å². The molecule has 5 rings (SSSR count). The van der Waals surface area contributed by atoms with Gasteiger partial charge in [0, 0.05) is 12.2 Å².